The van der Waals surface area contributed by atoms with E-state index in [2.05, 4.69) is 19.1 Å². The summed E-state index contributed by atoms with van der Waals surface area (Å²) in [5, 5.41) is 1.69. The van der Waals surface area contributed by atoms with Crippen LogP contribution in [0.4, 0.5) is 0 Å². The lowest BCUT2D eigenvalue weighted by atomic mass is 10.2. The first kappa shape index (κ1) is 15.8. The molecular weight excluding hydrogens is 304 g/mol. The second-order valence-electron chi connectivity index (χ2n) is 5.85. The van der Waals surface area contributed by atoms with E-state index >= 15 is 0 Å². The van der Waals surface area contributed by atoms with Crippen molar-refractivity contribution in [2.75, 3.05) is 0 Å². The molecule has 1 aromatic heterocycles. The molecule has 0 amide bonds. The van der Waals surface area contributed by atoms with Crippen molar-refractivity contribution in [3.63, 3.8) is 0 Å². The number of fused-ring (bicyclic) bond motifs is 1. The Bertz CT molecular complexity index is 871. The molecule has 0 fully saturated rings. The first-order valence-corrected chi connectivity index (χ1v) is 8.68. The van der Waals surface area contributed by atoms with E-state index < -0.39 is 0 Å². The lowest BCUT2D eigenvalue weighted by Gasteiger charge is -2.18. The summed E-state index contributed by atoms with van der Waals surface area (Å²) in [5.41, 5.74) is 2.03. The Morgan fingerprint density at radius 2 is 1.61 bits per heavy atom. The minimum Gasteiger partial charge on any atom is -0.285 e. The first-order valence-electron chi connectivity index (χ1n) is 7.81. The average molecular weight is 324 g/mol. The van der Waals surface area contributed by atoms with Crippen LogP contribution in [0.25, 0.3) is 10.9 Å². The number of thioether (sulfide) groups is 1. The zero-order valence-corrected chi connectivity index (χ0v) is 14.4. The summed E-state index contributed by atoms with van der Waals surface area (Å²) in [5.74, 6) is 0. The number of nitrogens with zero attached hydrogens (tertiary/aromatic N) is 2. The van der Waals surface area contributed by atoms with Crippen molar-refractivity contribution in [2.45, 2.75) is 37.2 Å². The fourth-order valence-electron chi connectivity index (χ4n) is 2.61. The minimum atomic E-state index is 0.0355. The van der Waals surface area contributed by atoms with E-state index in [4.69, 9.17) is 4.98 Å². The molecule has 0 N–H and O–H groups in total. The SMILES string of the molecule is CC(C)n1c(S[C@@H](C)c2ccccc2)nc2ccccc2c1=O. The van der Waals surface area contributed by atoms with Crippen LogP contribution in [0.3, 0.4) is 0 Å². The maximum atomic E-state index is 12.8. The molecule has 0 spiro atoms. The van der Waals surface area contributed by atoms with E-state index in [1.165, 1.54) is 5.56 Å². The summed E-state index contributed by atoms with van der Waals surface area (Å²) >= 11 is 1.63. The third kappa shape index (κ3) is 3.17. The van der Waals surface area contributed by atoms with E-state index in [0.29, 0.717) is 5.39 Å². The molecule has 4 heteroatoms. The molecule has 0 aliphatic rings. The lowest BCUT2D eigenvalue weighted by Crippen LogP contribution is -2.25. The molecule has 1 atom stereocenters. The van der Waals surface area contributed by atoms with Gasteiger partial charge in [-0.05, 0) is 38.5 Å². The summed E-state index contributed by atoms with van der Waals surface area (Å²) in [6.45, 7) is 6.19. The number of hydrogen-bond acceptors (Lipinski definition) is 3. The van der Waals surface area contributed by atoms with E-state index in [-0.39, 0.29) is 16.9 Å². The molecule has 118 valence electrons. The van der Waals surface area contributed by atoms with Crippen molar-refractivity contribution in [1.82, 2.24) is 9.55 Å². The molecule has 0 bridgehead atoms. The topological polar surface area (TPSA) is 34.9 Å². The highest BCUT2D eigenvalue weighted by Crippen LogP contribution is 2.34. The fourth-order valence-corrected chi connectivity index (χ4v) is 3.78. The summed E-state index contributed by atoms with van der Waals surface area (Å²) in [7, 11) is 0. The Labute approximate surface area is 140 Å². The van der Waals surface area contributed by atoms with Gasteiger partial charge in [0.25, 0.3) is 5.56 Å². The highest BCUT2D eigenvalue weighted by Gasteiger charge is 2.17. The maximum absolute atomic E-state index is 12.8. The fraction of sp³-hybridized carbons (Fsp3) is 0.263. The molecule has 0 saturated carbocycles. The van der Waals surface area contributed by atoms with Crippen LogP contribution >= 0.6 is 11.8 Å². The van der Waals surface area contributed by atoms with Crippen molar-refractivity contribution in [2.24, 2.45) is 0 Å². The van der Waals surface area contributed by atoms with Gasteiger partial charge in [-0.2, -0.15) is 0 Å². The Morgan fingerprint density at radius 1 is 0.957 bits per heavy atom. The highest BCUT2D eigenvalue weighted by molar-refractivity contribution is 7.99. The van der Waals surface area contributed by atoms with Crippen LogP contribution < -0.4 is 5.56 Å². The smallest absolute Gasteiger partial charge is 0.262 e. The Balaban J connectivity index is 2.09. The maximum Gasteiger partial charge on any atom is 0.262 e. The van der Waals surface area contributed by atoms with Crippen LogP contribution in [0.1, 0.15) is 37.6 Å². The molecule has 0 unspecified atom stereocenters. The third-order valence-corrected chi connectivity index (χ3v) is 4.97. The van der Waals surface area contributed by atoms with Crippen molar-refractivity contribution < 1.29 is 0 Å². The Morgan fingerprint density at radius 3 is 2.30 bits per heavy atom. The van der Waals surface area contributed by atoms with Crippen molar-refractivity contribution >= 4 is 22.7 Å². The van der Waals surface area contributed by atoms with Crippen LogP contribution in [-0.2, 0) is 0 Å². The van der Waals surface area contributed by atoms with Gasteiger partial charge in [0.1, 0.15) is 0 Å². The predicted molar refractivity (Wildman–Crippen MR) is 97.1 cm³/mol. The highest BCUT2D eigenvalue weighted by atomic mass is 32.2. The predicted octanol–water partition coefficient (Wildman–Crippen LogP) is 4.83. The quantitative estimate of drug-likeness (QED) is 0.509. The van der Waals surface area contributed by atoms with E-state index in [0.717, 1.165) is 10.7 Å². The van der Waals surface area contributed by atoms with Gasteiger partial charge >= 0.3 is 0 Å². The molecule has 3 nitrogen and oxygen atoms in total. The van der Waals surface area contributed by atoms with Crippen LogP contribution in [0, 0.1) is 0 Å². The van der Waals surface area contributed by atoms with Gasteiger partial charge in [-0.3, -0.25) is 9.36 Å². The standard InChI is InChI=1S/C19H20N2OS/c1-13(2)21-18(22)16-11-7-8-12-17(16)20-19(21)23-14(3)15-9-5-4-6-10-15/h4-14H,1-3H3/t14-/m0/s1. The van der Waals surface area contributed by atoms with Gasteiger partial charge in [-0.25, -0.2) is 4.98 Å². The molecule has 3 rings (SSSR count). The normalized spacial score (nSPS) is 12.7. The summed E-state index contributed by atoms with van der Waals surface area (Å²) in [4.78, 5) is 17.6. The van der Waals surface area contributed by atoms with Gasteiger partial charge in [0.15, 0.2) is 5.16 Å². The molecule has 0 aliphatic carbocycles. The molecule has 1 heterocycles. The number of benzene rings is 2. The number of rotatable bonds is 4. The summed E-state index contributed by atoms with van der Waals surface area (Å²) in [6, 6.07) is 17.9. The zero-order chi connectivity index (χ0) is 16.4. The first-order chi connectivity index (χ1) is 11.1. The van der Waals surface area contributed by atoms with Gasteiger partial charge in [0, 0.05) is 11.3 Å². The van der Waals surface area contributed by atoms with E-state index in [1.54, 1.807) is 16.3 Å². The monoisotopic (exact) mass is 324 g/mol. The van der Waals surface area contributed by atoms with Crippen molar-refractivity contribution in [3.05, 3.63) is 70.5 Å². The van der Waals surface area contributed by atoms with E-state index in [9.17, 15) is 4.79 Å². The molecule has 23 heavy (non-hydrogen) atoms. The van der Waals surface area contributed by atoms with Gasteiger partial charge in [0.05, 0.1) is 10.9 Å². The van der Waals surface area contributed by atoms with Gasteiger partial charge in [0.2, 0.25) is 0 Å². The number of hydrogen-bond donors (Lipinski definition) is 0. The van der Waals surface area contributed by atoms with Crippen LogP contribution in [0.15, 0.2) is 64.5 Å². The summed E-state index contributed by atoms with van der Waals surface area (Å²) in [6.07, 6.45) is 0. The van der Waals surface area contributed by atoms with Crippen LogP contribution in [0.5, 0.6) is 0 Å². The number of para-hydroxylation sites is 1. The van der Waals surface area contributed by atoms with Crippen LogP contribution in [0.2, 0.25) is 0 Å². The molecule has 3 aromatic rings. The molecule has 0 aliphatic heterocycles. The largest absolute Gasteiger partial charge is 0.285 e. The average Bonchev–Trinajstić information content (AvgIpc) is 2.55. The minimum absolute atomic E-state index is 0.0355. The zero-order valence-electron chi connectivity index (χ0n) is 13.6. The Hall–Kier alpha value is -2.07. The molecular formula is C19H20N2OS. The number of aromatic nitrogens is 2. The summed E-state index contributed by atoms with van der Waals surface area (Å²) < 4.78 is 1.80. The second-order valence-corrected chi connectivity index (χ2v) is 7.16. The van der Waals surface area contributed by atoms with Crippen molar-refractivity contribution in [3.8, 4) is 0 Å². The molecule has 2 aromatic carbocycles. The Kier molecular flexibility index (Phi) is 4.53. The van der Waals surface area contributed by atoms with Gasteiger partial charge in [-0.15, -0.1) is 0 Å². The van der Waals surface area contributed by atoms with Gasteiger partial charge in [-0.1, -0.05) is 54.2 Å². The molecule has 0 radical (unpaired) electrons. The van der Waals surface area contributed by atoms with Crippen molar-refractivity contribution in [1.29, 1.82) is 0 Å². The molecule has 0 saturated heterocycles. The van der Waals surface area contributed by atoms with E-state index in [1.807, 2.05) is 56.3 Å². The third-order valence-electron chi connectivity index (χ3n) is 3.84. The lowest BCUT2D eigenvalue weighted by molar-refractivity contribution is 0.518. The van der Waals surface area contributed by atoms with Gasteiger partial charge < -0.3 is 0 Å². The van der Waals surface area contributed by atoms with Crippen LogP contribution in [-0.4, -0.2) is 9.55 Å². The second kappa shape index (κ2) is 6.59.